The van der Waals surface area contributed by atoms with Crippen molar-refractivity contribution < 1.29 is 4.79 Å². The van der Waals surface area contributed by atoms with Crippen LogP contribution in [0.5, 0.6) is 0 Å². The maximum absolute atomic E-state index is 12.7. The molecule has 0 aliphatic heterocycles. The molecule has 2 atom stereocenters. The second-order valence-corrected chi connectivity index (χ2v) is 6.93. The zero-order valence-electron chi connectivity index (χ0n) is 13.5. The van der Waals surface area contributed by atoms with Gasteiger partial charge in [-0.2, -0.15) is 0 Å². The summed E-state index contributed by atoms with van der Waals surface area (Å²) in [7, 11) is 0. The molecule has 2 aliphatic carbocycles. The van der Waals surface area contributed by atoms with Gasteiger partial charge in [0, 0.05) is 17.6 Å². The maximum Gasteiger partial charge on any atom is 0.251 e. The van der Waals surface area contributed by atoms with Crippen LogP contribution in [0.15, 0.2) is 18.2 Å². The van der Waals surface area contributed by atoms with Crippen molar-refractivity contribution in [1.82, 2.24) is 5.32 Å². The Morgan fingerprint density at radius 1 is 1.18 bits per heavy atom. The van der Waals surface area contributed by atoms with E-state index in [1.165, 1.54) is 24.8 Å². The van der Waals surface area contributed by atoms with Crippen LogP contribution < -0.4 is 11.1 Å². The zero-order chi connectivity index (χ0) is 15.0. The standard InChI is InChI=1S/C18H26N2O.ClH/c1-11-5-3-8-16(12(11)2)18(21)20-17-13-6-4-7-14(17)10-15(19)9-13;/h3,5,8,13-15,17H,4,6-7,9-10,19H2,1-2H3,(H,20,21);1H. The summed E-state index contributed by atoms with van der Waals surface area (Å²) in [5, 5.41) is 3.33. The van der Waals surface area contributed by atoms with Crippen molar-refractivity contribution in [3.05, 3.63) is 34.9 Å². The molecule has 2 saturated carbocycles. The second-order valence-electron chi connectivity index (χ2n) is 6.93. The zero-order valence-corrected chi connectivity index (χ0v) is 14.3. The molecule has 2 aliphatic rings. The topological polar surface area (TPSA) is 55.1 Å². The molecule has 0 saturated heterocycles. The Kier molecular flexibility index (Phi) is 5.51. The highest BCUT2D eigenvalue weighted by atomic mass is 35.5. The van der Waals surface area contributed by atoms with Crippen molar-refractivity contribution >= 4 is 18.3 Å². The van der Waals surface area contributed by atoms with Crippen molar-refractivity contribution in [1.29, 1.82) is 0 Å². The minimum Gasteiger partial charge on any atom is -0.349 e. The van der Waals surface area contributed by atoms with Gasteiger partial charge in [-0.05, 0) is 68.6 Å². The quantitative estimate of drug-likeness (QED) is 0.877. The minimum absolute atomic E-state index is 0. The minimum atomic E-state index is 0. The van der Waals surface area contributed by atoms with Crippen molar-refractivity contribution in [2.75, 3.05) is 0 Å². The normalized spacial score (nSPS) is 30.3. The summed E-state index contributed by atoms with van der Waals surface area (Å²) in [5.41, 5.74) is 9.25. The van der Waals surface area contributed by atoms with E-state index in [4.69, 9.17) is 5.73 Å². The number of aryl methyl sites for hydroxylation is 1. The predicted molar refractivity (Wildman–Crippen MR) is 92.5 cm³/mol. The second kappa shape index (κ2) is 7.01. The number of carbonyl (C=O) groups is 1. The molecule has 3 rings (SSSR count). The van der Waals surface area contributed by atoms with Crippen LogP contribution >= 0.6 is 12.4 Å². The molecule has 22 heavy (non-hydrogen) atoms. The third-order valence-electron chi connectivity index (χ3n) is 5.52. The molecule has 1 aromatic carbocycles. The van der Waals surface area contributed by atoms with Gasteiger partial charge in [-0.3, -0.25) is 4.79 Å². The predicted octanol–water partition coefficient (Wildman–Crippen LogP) is 3.36. The van der Waals surface area contributed by atoms with Crippen molar-refractivity contribution in [3.63, 3.8) is 0 Å². The molecule has 4 heteroatoms. The number of rotatable bonds is 2. The van der Waals surface area contributed by atoms with Crippen LogP contribution in [0.4, 0.5) is 0 Å². The van der Waals surface area contributed by atoms with E-state index in [1.807, 2.05) is 19.1 Å². The summed E-state index contributed by atoms with van der Waals surface area (Å²) >= 11 is 0. The molecular weight excluding hydrogens is 296 g/mol. The average molecular weight is 323 g/mol. The van der Waals surface area contributed by atoms with Crippen LogP contribution in [-0.2, 0) is 0 Å². The first-order valence-corrected chi connectivity index (χ1v) is 8.19. The van der Waals surface area contributed by atoms with Gasteiger partial charge < -0.3 is 11.1 Å². The van der Waals surface area contributed by atoms with E-state index >= 15 is 0 Å². The van der Waals surface area contributed by atoms with E-state index in [1.54, 1.807) is 0 Å². The molecule has 1 amide bonds. The summed E-state index contributed by atoms with van der Waals surface area (Å²) in [4.78, 5) is 12.7. The molecule has 2 fully saturated rings. The summed E-state index contributed by atoms with van der Waals surface area (Å²) in [6, 6.07) is 6.61. The summed E-state index contributed by atoms with van der Waals surface area (Å²) in [5.74, 6) is 1.23. The molecule has 2 unspecified atom stereocenters. The Hall–Kier alpha value is -1.06. The highest BCUT2D eigenvalue weighted by molar-refractivity contribution is 5.96. The van der Waals surface area contributed by atoms with E-state index in [9.17, 15) is 4.79 Å². The maximum atomic E-state index is 12.7. The van der Waals surface area contributed by atoms with E-state index in [0.717, 1.165) is 24.0 Å². The van der Waals surface area contributed by atoms with Gasteiger partial charge >= 0.3 is 0 Å². The van der Waals surface area contributed by atoms with Crippen LogP contribution in [0.25, 0.3) is 0 Å². The third-order valence-corrected chi connectivity index (χ3v) is 5.52. The Morgan fingerprint density at radius 3 is 2.45 bits per heavy atom. The molecule has 2 bridgehead atoms. The van der Waals surface area contributed by atoms with E-state index < -0.39 is 0 Å². The van der Waals surface area contributed by atoms with Crippen molar-refractivity contribution in [2.24, 2.45) is 17.6 Å². The number of nitrogens with two attached hydrogens (primary N) is 1. The fourth-order valence-electron chi connectivity index (χ4n) is 4.25. The highest BCUT2D eigenvalue weighted by Gasteiger charge is 2.40. The average Bonchev–Trinajstić information content (AvgIpc) is 2.42. The van der Waals surface area contributed by atoms with Crippen LogP contribution in [0.3, 0.4) is 0 Å². The Labute approximate surface area is 139 Å². The monoisotopic (exact) mass is 322 g/mol. The summed E-state index contributed by atoms with van der Waals surface area (Å²) < 4.78 is 0. The lowest BCUT2D eigenvalue weighted by molar-refractivity contribution is 0.0755. The van der Waals surface area contributed by atoms with Crippen LogP contribution in [-0.4, -0.2) is 18.0 Å². The fourth-order valence-corrected chi connectivity index (χ4v) is 4.25. The van der Waals surface area contributed by atoms with Gasteiger partial charge in [-0.15, -0.1) is 12.4 Å². The Bertz CT molecular complexity index is 532. The molecule has 0 aromatic heterocycles. The molecule has 3 nitrogen and oxygen atoms in total. The summed E-state index contributed by atoms with van der Waals surface area (Å²) in [6.07, 6.45) is 5.84. The van der Waals surface area contributed by atoms with E-state index in [-0.39, 0.29) is 18.3 Å². The molecule has 3 N–H and O–H groups in total. The highest BCUT2D eigenvalue weighted by Crippen LogP contribution is 2.39. The van der Waals surface area contributed by atoms with Gasteiger partial charge in [0.1, 0.15) is 0 Å². The first-order chi connectivity index (χ1) is 10.1. The number of hydrogen-bond acceptors (Lipinski definition) is 2. The molecule has 122 valence electrons. The van der Waals surface area contributed by atoms with E-state index in [0.29, 0.717) is 23.9 Å². The van der Waals surface area contributed by atoms with Gasteiger partial charge in [0.05, 0.1) is 0 Å². The number of nitrogens with one attached hydrogen (secondary N) is 1. The van der Waals surface area contributed by atoms with Gasteiger partial charge in [0.25, 0.3) is 5.91 Å². The van der Waals surface area contributed by atoms with Crippen LogP contribution in [0, 0.1) is 25.7 Å². The smallest absolute Gasteiger partial charge is 0.251 e. The largest absolute Gasteiger partial charge is 0.349 e. The van der Waals surface area contributed by atoms with Crippen LogP contribution in [0.2, 0.25) is 0 Å². The number of benzene rings is 1. The Balaban J connectivity index is 0.00000176. The number of amides is 1. The Morgan fingerprint density at radius 2 is 1.82 bits per heavy atom. The molecule has 1 aromatic rings. The first-order valence-electron chi connectivity index (χ1n) is 8.19. The van der Waals surface area contributed by atoms with Gasteiger partial charge in [0.15, 0.2) is 0 Å². The molecular formula is C18H27ClN2O. The number of fused-ring (bicyclic) bond motifs is 2. The number of halogens is 1. The van der Waals surface area contributed by atoms with Crippen LogP contribution in [0.1, 0.15) is 53.6 Å². The fraction of sp³-hybridized carbons (Fsp3) is 0.611. The van der Waals surface area contributed by atoms with Gasteiger partial charge in [-0.1, -0.05) is 18.6 Å². The lowest BCUT2D eigenvalue weighted by Crippen LogP contribution is -2.53. The van der Waals surface area contributed by atoms with Gasteiger partial charge in [-0.25, -0.2) is 0 Å². The lowest BCUT2D eigenvalue weighted by atomic mass is 9.67. The number of hydrogen-bond donors (Lipinski definition) is 2. The molecule has 0 radical (unpaired) electrons. The van der Waals surface area contributed by atoms with E-state index in [2.05, 4.69) is 18.3 Å². The van der Waals surface area contributed by atoms with Crippen molar-refractivity contribution in [2.45, 2.75) is 58.0 Å². The lowest BCUT2D eigenvalue weighted by Gasteiger charge is -2.45. The van der Waals surface area contributed by atoms with Gasteiger partial charge in [0.2, 0.25) is 0 Å². The van der Waals surface area contributed by atoms with Crippen molar-refractivity contribution in [3.8, 4) is 0 Å². The number of carbonyl (C=O) groups excluding carboxylic acids is 1. The molecule has 0 spiro atoms. The molecule has 0 heterocycles. The summed E-state index contributed by atoms with van der Waals surface area (Å²) in [6.45, 7) is 4.09. The first kappa shape index (κ1) is 17.3. The third kappa shape index (κ3) is 3.31. The SMILES string of the molecule is Cc1cccc(C(=O)NC2C3CCCC2CC(N)C3)c1C.Cl.